The highest BCUT2D eigenvalue weighted by molar-refractivity contribution is 6.03. The van der Waals surface area contributed by atoms with E-state index in [0.717, 1.165) is 12.1 Å². The van der Waals surface area contributed by atoms with Crippen LogP contribution in [0.1, 0.15) is 30.0 Å². The van der Waals surface area contributed by atoms with Gasteiger partial charge in [-0.15, -0.1) is 0 Å². The summed E-state index contributed by atoms with van der Waals surface area (Å²) in [6, 6.07) is 5.77. The molecule has 0 unspecified atom stereocenters. The van der Waals surface area contributed by atoms with Gasteiger partial charge >= 0.3 is 5.97 Å². The number of carbonyl (C=O) groups is 1. The van der Waals surface area contributed by atoms with Crippen LogP contribution >= 0.6 is 0 Å². The minimum Gasteiger partial charge on any atom is -0.464 e. The van der Waals surface area contributed by atoms with Gasteiger partial charge in [0.25, 0.3) is 0 Å². The lowest BCUT2D eigenvalue weighted by Crippen LogP contribution is -2.15. The van der Waals surface area contributed by atoms with Crippen LogP contribution in [0.25, 0.3) is 11.0 Å². The number of esters is 1. The molecule has 0 saturated carbocycles. The van der Waals surface area contributed by atoms with Gasteiger partial charge in [-0.25, -0.2) is 14.8 Å². The molecule has 3 heterocycles. The minimum atomic E-state index is -0.560. The zero-order valence-corrected chi connectivity index (χ0v) is 18.0. The number of methoxy groups -OCH3 is 1. The monoisotopic (exact) mass is 413 g/mol. The Morgan fingerprint density at radius 3 is 2.67 bits per heavy atom. The molecule has 0 radical (unpaired) electrons. The SMILES string of the molecule is CCOCCn1nc(C(=O)OC)c2nc(N(C)C)nc(Nc3cccc(CC)n3)c21. The van der Waals surface area contributed by atoms with E-state index in [1.165, 1.54) is 7.11 Å². The molecule has 3 aromatic heterocycles. The van der Waals surface area contributed by atoms with Gasteiger partial charge in [0.1, 0.15) is 16.9 Å². The first-order chi connectivity index (χ1) is 14.5. The Balaban J connectivity index is 2.18. The predicted molar refractivity (Wildman–Crippen MR) is 114 cm³/mol. The fourth-order valence-electron chi connectivity index (χ4n) is 2.92. The third-order valence-electron chi connectivity index (χ3n) is 4.42. The highest BCUT2D eigenvalue weighted by Crippen LogP contribution is 2.28. The lowest BCUT2D eigenvalue weighted by atomic mass is 10.3. The van der Waals surface area contributed by atoms with Crippen LogP contribution in [0.5, 0.6) is 0 Å². The Morgan fingerprint density at radius 1 is 1.20 bits per heavy atom. The lowest BCUT2D eigenvalue weighted by molar-refractivity contribution is 0.0594. The van der Waals surface area contributed by atoms with Crippen molar-refractivity contribution in [1.29, 1.82) is 0 Å². The van der Waals surface area contributed by atoms with Crippen molar-refractivity contribution in [2.75, 3.05) is 44.6 Å². The Bertz CT molecular complexity index is 1030. The second-order valence-corrected chi connectivity index (χ2v) is 6.72. The number of fused-ring (bicyclic) bond motifs is 1. The van der Waals surface area contributed by atoms with Gasteiger partial charge < -0.3 is 19.7 Å². The summed E-state index contributed by atoms with van der Waals surface area (Å²) in [7, 11) is 4.98. The maximum atomic E-state index is 12.4. The normalized spacial score (nSPS) is 11.0. The molecule has 3 aromatic rings. The summed E-state index contributed by atoms with van der Waals surface area (Å²) in [5.74, 6) is 1.03. The molecule has 10 nitrogen and oxygen atoms in total. The molecule has 0 aliphatic rings. The first kappa shape index (κ1) is 21.4. The Morgan fingerprint density at radius 2 is 2.00 bits per heavy atom. The van der Waals surface area contributed by atoms with E-state index >= 15 is 0 Å². The largest absolute Gasteiger partial charge is 0.464 e. The lowest BCUT2D eigenvalue weighted by Gasteiger charge is -2.14. The number of hydrogen-bond acceptors (Lipinski definition) is 9. The van der Waals surface area contributed by atoms with Crippen molar-refractivity contribution < 1.29 is 14.3 Å². The fourth-order valence-corrected chi connectivity index (χ4v) is 2.92. The molecule has 1 N–H and O–H groups in total. The van der Waals surface area contributed by atoms with E-state index in [4.69, 9.17) is 9.47 Å². The number of carbonyl (C=O) groups excluding carboxylic acids is 1. The Labute approximate surface area is 175 Å². The van der Waals surface area contributed by atoms with Crippen LogP contribution in [0.4, 0.5) is 17.6 Å². The molecule has 0 aromatic carbocycles. The summed E-state index contributed by atoms with van der Waals surface area (Å²) < 4.78 is 12.1. The first-order valence-electron chi connectivity index (χ1n) is 9.83. The molecule has 0 aliphatic heterocycles. The number of pyridine rings is 1. The fraction of sp³-hybridized carbons (Fsp3) is 0.450. The van der Waals surface area contributed by atoms with Gasteiger partial charge in [-0.3, -0.25) is 4.68 Å². The highest BCUT2D eigenvalue weighted by Gasteiger charge is 2.24. The molecule has 0 amide bonds. The summed E-state index contributed by atoms with van der Waals surface area (Å²) >= 11 is 0. The van der Waals surface area contributed by atoms with Gasteiger partial charge in [0, 0.05) is 26.4 Å². The maximum Gasteiger partial charge on any atom is 0.360 e. The third kappa shape index (κ3) is 4.48. The van der Waals surface area contributed by atoms with Crippen LogP contribution in [0, 0.1) is 0 Å². The van der Waals surface area contributed by atoms with Crippen molar-refractivity contribution in [3.63, 3.8) is 0 Å². The van der Waals surface area contributed by atoms with Crippen LogP contribution in [0.3, 0.4) is 0 Å². The summed E-state index contributed by atoms with van der Waals surface area (Å²) in [5, 5.41) is 7.72. The first-order valence-corrected chi connectivity index (χ1v) is 9.83. The molecule has 0 saturated heterocycles. The number of hydrogen-bond donors (Lipinski definition) is 1. The topological polar surface area (TPSA) is 107 Å². The zero-order valence-electron chi connectivity index (χ0n) is 18.0. The highest BCUT2D eigenvalue weighted by atomic mass is 16.5. The number of aromatic nitrogens is 5. The molecule has 0 fully saturated rings. The number of anilines is 3. The minimum absolute atomic E-state index is 0.132. The van der Waals surface area contributed by atoms with Crippen LogP contribution in [-0.4, -0.2) is 65.1 Å². The van der Waals surface area contributed by atoms with E-state index in [-0.39, 0.29) is 5.69 Å². The molecular weight excluding hydrogens is 386 g/mol. The van der Waals surface area contributed by atoms with E-state index in [1.54, 1.807) is 9.58 Å². The number of ether oxygens (including phenoxy) is 2. The van der Waals surface area contributed by atoms with E-state index in [0.29, 0.717) is 48.4 Å². The zero-order chi connectivity index (χ0) is 21.7. The van der Waals surface area contributed by atoms with Gasteiger partial charge in [-0.2, -0.15) is 10.1 Å². The van der Waals surface area contributed by atoms with Crippen LogP contribution in [0.2, 0.25) is 0 Å². The smallest absolute Gasteiger partial charge is 0.360 e. The molecule has 0 atom stereocenters. The van der Waals surface area contributed by atoms with E-state index in [1.807, 2.05) is 46.1 Å². The summed E-state index contributed by atoms with van der Waals surface area (Å²) in [5.41, 5.74) is 2.08. The number of nitrogens with one attached hydrogen (secondary N) is 1. The van der Waals surface area contributed by atoms with Gasteiger partial charge in [-0.05, 0) is 25.5 Å². The quantitative estimate of drug-likeness (QED) is 0.418. The van der Waals surface area contributed by atoms with Gasteiger partial charge in [-0.1, -0.05) is 13.0 Å². The van der Waals surface area contributed by atoms with Crippen molar-refractivity contribution in [2.24, 2.45) is 0 Å². The van der Waals surface area contributed by atoms with Gasteiger partial charge in [0.2, 0.25) is 5.95 Å². The maximum absolute atomic E-state index is 12.4. The number of nitrogens with zero attached hydrogens (tertiary/aromatic N) is 6. The van der Waals surface area contributed by atoms with Crippen molar-refractivity contribution in [2.45, 2.75) is 26.8 Å². The standard InChI is InChI=1S/C20H27N7O3/c1-6-13-9-8-10-14(21-13)22-18-17-15(23-20(24-18)26(3)4)16(19(28)29-5)25-27(17)11-12-30-7-2/h8-10H,6-7,11-12H2,1-5H3,(H,21,22,23,24). The average molecular weight is 413 g/mol. The van der Waals surface area contributed by atoms with Crippen LogP contribution in [-0.2, 0) is 22.4 Å². The van der Waals surface area contributed by atoms with E-state index < -0.39 is 5.97 Å². The Hall–Kier alpha value is -3.27. The molecule has 0 bridgehead atoms. The molecule has 0 aliphatic carbocycles. The summed E-state index contributed by atoms with van der Waals surface area (Å²) in [4.78, 5) is 27.9. The molecular formula is C20H27N7O3. The number of rotatable bonds is 9. The van der Waals surface area contributed by atoms with Crippen LogP contribution in [0.15, 0.2) is 18.2 Å². The Kier molecular flexibility index (Phi) is 6.78. The predicted octanol–water partition coefficient (Wildman–Crippen LogP) is 2.42. The second-order valence-electron chi connectivity index (χ2n) is 6.72. The van der Waals surface area contributed by atoms with E-state index in [9.17, 15) is 4.79 Å². The average Bonchev–Trinajstić information content (AvgIpc) is 3.12. The van der Waals surface area contributed by atoms with Crippen molar-refractivity contribution in [3.05, 3.63) is 29.6 Å². The summed E-state index contributed by atoms with van der Waals surface area (Å²) in [6.45, 7) is 5.43. The van der Waals surface area contributed by atoms with E-state index in [2.05, 4.69) is 25.4 Å². The molecule has 10 heteroatoms. The summed E-state index contributed by atoms with van der Waals surface area (Å²) in [6.07, 6.45) is 0.816. The van der Waals surface area contributed by atoms with Crippen molar-refractivity contribution in [3.8, 4) is 0 Å². The second kappa shape index (κ2) is 9.49. The van der Waals surface area contributed by atoms with Gasteiger partial charge in [0.05, 0.1) is 20.3 Å². The third-order valence-corrected chi connectivity index (χ3v) is 4.42. The van der Waals surface area contributed by atoms with Gasteiger partial charge in [0.15, 0.2) is 11.5 Å². The number of aryl methyl sites for hydroxylation is 1. The molecule has 3 rings (SSSR count). The van der Waals surface area contributed by atoms with Crippen LogP contribution < -0.4 is 10.2 Å². The molecule has 30 heavy (non-hydrogen) atoms. The molecule has 160 valence electrons. The van der Waals surface area contributed by atoms with Crippen molar-refractivity contribution in [1.82, 2.24) is 24.7 Å². The molecule has 0 spiro atoms. The van der Waals surface area contributed by atoms with Crippen molar-refractivity contribution >= 4 is 34.6 Å².